The Morgan fingerprint density at radius 2 is 1.92 bits per heavy atom. The van der Waals surface area contributed by atoms with E-state index in [0.717, 1.165) is 36.9 Å². The molecule has 1 N–H and O–H groups in total. The van der Waals surface area contributed by atoms with Gasteiger partial charge in [-0.1, -0.05) is 29.3 Å². The van der Waals surface area contributed by atoms with Gasteiger partial charge in [0.05, 0.1) is 11.7 Å². The number of aromatic nitrogens is 1. The number of hydrogen-bond acceptors (Lipinski definition) is 4. The number of carbonyl (C=O) groups excluding carboxylic acids is 1. The van der Waals surface area contributed by atoms with E-state index in [-0.39, 0.29) is 11.9 Å². The van der Waals surface area contributed by atoms with Crippen LogP contribution in [0.15, 0.2) is 42.6 Å². The predicted octanol–water partition coefficient (Wildman–Crippen LogP) is 3.54. The highest BCUT2D eigenvalue weighted by molar-refractivity contribution is 6.32. The average molecular weight is 379 g/mol. The third-order valence-corrected chi connectivity index (χ3v) is 4.97. The summed E-state index contributed by atoms with van der Waals surface area (Å²) < 4.78 is 0. The number of piperazine rings is 1. The van der Waals surface area contributed by atoms with E-state index in [1.165, 1.54) is 0 Å². The molecule has 1 aliphatic rings. The van der Waals surface area contributed by atoms with Crippen molar-refractivity contribution in [1.29, 1.82) is 0 Å². The van der Waals surface area contributed by atoms with Crippen molar-refractivity contribution in [3.63, 3.8) is 0 Å². The van der Waals surface area contributed by atoms with Gasteiger partial charge in [-0.15, -0.1) is 0 Å². The maximum atomic E-state index is 12.5. The number of anilines is 2. The van der Waals surface area contributed by atoms with Gasteiger partial charge in [-0.05, 0) is 37.3 Å². The normalized spacial score (nSPS) is 16.5. The first kappa shape index (κ1) is 18.0. The summed E-state index contributed by atoms with van der Waals surface area (Å²) in [5.41, 5.74) is 1.66. The molecule has 2 heterocycles. The molecular formula is C18H20Cl2N4O. The van der Waals surface area contributed by atoms with Crippen molar-refractivity contribution in [2.75, 3.05) is 36.4 Å². The molecule has 1 saturated heterocycles. The Bertz CT molecular complexity index is 747. The van der Waals surface area contributed by atoms with Crippen molar-refractivity contribution in [1.82, 2.24) is 9.88 Å². The van der Waals surface area contributed by atoms with E-state index in [1.807, 2.05) is 25.1 Å². The average Bonchev–Trinajstić information content (AvgIpc) is 2.63. The van der Waals surface area contributed by atoms with Gasteiger partial charge in [0.1, 0.15) is 0 Å². The molecule has 0 unspecified atom stereocenters. The van der Waals surface area contributed by atoms with Crippen LogP contribution in [0.5, 0.6) is 0 Å². The maximum Gasteiger partial charge on any atom is 0.241 e. The van der Waals surface area contributed by atoms with Gasteiger partial charge in [-0.3, -0.25) is 9.69 Å². The molecule has 7 heteroatoms. The monoisotopic (exact) mass is 378 g/mol. The Labute approximate surface area is 157 Å². The second-order valence-electron chi connectivity index (χ2n) is 6.01. The van der Waals surface area contributed by atoms with Crippen molar-refractivity contribution in [2.45, 2.75) is 13.0 Å². The number of hydrogen-bond donors (Lipinski definition) is 1. The molecule has 0 aliphatic carbocycles. The van der Waals surface area contributed by atoms with E-state index in [4.69, 9.17) is 23.2 Å². The molecule has 1 aromatic carbocycles. The van der Waals surface area contributed by atoms with Gasteiger partial charge in [0, 0.05) is 43.1 Å². The lowest BCUT2D eigenvalue weighted by Crippen LogP contribution is -2.52. The number of benzene rings is 1. The van der Waals surface area contributed by atoms with Crippen LogP contribution in [0.2, 0.25) is 10.2 Å². The molecular weight excluding hydrogens is 359 g/mol. The fourth-order valence-corrected chi connectivity index (χ4v) is 3.27. The van der Waals surface area contributed by atoms with Crippen LogP contribution in [0.4, 0.5) is 11.4 Å². The molecule has 0 radical (unpaired) electrons. The molecule has 0 spiro atoms. The van der Waals surface area contributed by atoms with Crippen molar-refractivity contribution in [3.8, 4) is 0 Å². The van der Waals surface area contributed by atoms with Crippen LogP contribution in [-0.4, -0.2) is 48.0 Å². The number of nitrogens with zero attached hydrogens (tertiary/aromatic N) is 3. The molecule has 5 nitrogen and oxygen atoms in total. The van der Waals surface area contributed by atoms with Gasteiger partial charge in [0.15, 0.2) is 5.15 Å². The lowest BCUT2D eigenvalue weighted by atomic mass is 10.2. The highest BCUT2D eigenvalue weighted by Crippen LogP contribution is 2.22. The number of nitrogens with one attached hydrogen (secondary N) is 1. The Kier molecular flexibility index (Phi) is 5.78. The van der Waals surface area contributed by atoms with Gasteiger partial charge in [0.2, 0.25) is 5.91 Å². The van der Waals surface area contributed by atoms with E-state index in [9.17, 15) is 4.79 Å². The third-order valence-electron chi connectivity index (χ3n) is 4.43. The van der Waals surface area contributed by atoms with Gasteiger partial charge < -0.3 is 10.2 Å². The Morgan fingerprint density at radius 1 is 1.16 bits per heavy atom. The van der Waals surface area contributed by atoms with Crippen molar-refractivity contribution in [3.05, 3.63) is 52.8 Å². The fraction of sp³-hybridized carbons (Fsp3) is 0.333. The molecule has 1 amide bonds. The maximum absolute atomic E-state index is 12.5. The summed E-state index contributed by atoms with van der Waals surface area (Å²) in [6.45, 7) is 5.23. The number of amides is 1. The zero-order valence-electron chi connectivity index (χ0n) is 14.0. The van der Waals surface area contributed by atoms with Gasteiger partial charge >= 0.3 is 0 Å². The third kappa shape index (κ3) is 4.42. The largest absolute Gasteiger partial charge is 0.369 e. The molecule has 2 aromatic rings. The van der Waals surface area contributed by atoms with E-state index in [0.29, 0.717) is 10.8 Å². The molecule has 1 atom stereocenters. The topological polar surface area (TPSA) is 48.5 Å². The first-order valence-corrected chi connectivity index (χ1v) is 8.96. The summed E-state index contributed by atoms with van der Waals surface area (Å²) in [4.78, 5) is 20.9. The van der Waals surface area contributed by atoms with Gasteiger partial charge in [-0.25, -0.2) is 4.98 Å². The van der Waals surface area contributed by atoms with Crippen LogP contribution in [0, 0.1) is 0 Å². The molecule has 1 aliphatic heterocycles. The first-order valence-electron chi connectivity index (χ1n) is 8.20. The van der Waals surface area contributed by atoms with E-state index in [2.05, 4.69) is 26.2 Å². The Hall–Kier alpha value is -1.82. The van der Waals surface area contributed by atoms with Gasteiger partial charge in [0.25, 0.3) is 0 Å². The minimum atomic E-state index is -0.238. The lowest BCUT2D eigenvalue weighted by molar-refractivity contribution is -0.120. The summed E-state index contributed by atoms with van der Waals surface area (Å²) in [7, 11) is 0. The number of carbonyl (C=O) groups is 1. The molecule has 0 bridgehead atoms. The standard InChI is InChI=1S/C18H20Cl2N4O/c1-13(18(25)22-16-6-3-7-21-17(16)20)23-8-10-24(11-9-23)15-5-2-4-14(19)12-15/h2-7,12-13H,8-11H2,1H3,(H,22,25)/t13-/m1/s1. The number of halogens is 2. The zero-order valence-corrected chi connectivity index (χ0v) is 15.5. The minimum Gasteiger partial charge on any atom is -0.369 e. The van der Waals surface area contributed by atoms with Crippen LogP contribution in [0.3, 0.4) is 0 Å². The Morgan fingerprint density at radius 3 is 2.60 bits per heavy atom. The second-order valence-corrected chi connectivity index (χ2v) is 6.80. The van der Waals surface area contributed by atoms with Crippen LogP contribution < -0.4 is 10.2 Å². The quantitative estimate of drug-likeness (QED) is 0.826. The molecule has 25 heavy (non-hydrogen) atoms. The Balaban J connectivity index is 1.57. The van der Waals surface area contributed by atoms with E-state index >= 15 is 0 Å². The summed E-state index contributed by atoms with van der Waals surface area (Å²) in [5.74, 6) is -0.0777. The fourth-order valence-electron chi connectivity index (χ4n) is 2.92. The van der Waals surface area contributed by atoms with Crippen molar-refractivity contribution >= 4 is 40.5 Å². The van der Waals surface area contributed by atoms with Crippen molar-refractivity contribution < 1.29 is 4.79 Å². The van der Waals surface area contributed by atoms with Crippen LogP contribution in [-0.2, 0) is 4.79 Å². The van der Waals surface area contributed by atoms with Crippen LogP contribution in [0.1, 0.15) is 6.92 Å². The van der Waals surface area contributed by atoms with Crippen LogP contribution >= 0.6 is 23.2 Å². The number of rotatable bonds is 4. The molecule has 1 aromatic heterocycles. The highest BCUT2D eigenvalue weighted by Gasteiger charge is 2.26. The minimum absolute atomic E-state index is 0.0777. The first-order chi connectivity index (χ1) is 12.0. The number of pyridine rings is 1. The van der Waals surface area contributed by atoms with Gasteiger partial charge in [-0.2, -0.15) is 0 Å². The summed E-state index contributed by atoms with van der Waals surface area (Å²) in [6, 6.07) is 11.1. The molecule has 3 rings (SSSR count). The zero-order chi connectivity index (χ0) is 17.8. The summed E-state index contributed by atoms with van der Waals surface area (Å²) in [5, 5.41) is 3.89. The van der Waals surface area contributed by atoms with E-state index < -0.39 is 0 Å². The molecule has 132 valence electrons. The second kappa shape index (κ2) is 8.04. The summed E-state index contributed by atoms with van der Waals surface area (Å²) in [6.07, 6.45) is 1.59. The lowest BCUT2D eigenvalue weighted by Gasteiger charge is -2.38. The van der Waals surface area contributed by atoms with E-state index in [1.54, 1.807) is 18.3 Å². The van der Waals surface area contributed by atoms with Crippen molar-refractivity contribution in [2.24, 2.45) is 0 Å². The van der Waals surface area contributed by atoms with Crippen LogP contribution in [0.25, 0.3) is 0 Å². The highest BCUT2D eigenvalue weighted by atomic mass is 35.5. The molecule has 0 saturated carbocycles. The predicted molar refractivity (Wildman–Crippen MR) is 103 cm³/mol. The SMILES string of the molecule is C[C@H](C(=O)Nc1cccnc1Cl)N1CCN(c2cccc(Cl)c2)CC1. The smallest absolute Gasteiger partial charge is 0.241 e. The summed E-state index contributed by atoms with van der Waals surface area (Å²) >= 11 is 12.1. The molecule has 1 fully saturated rings.